The molecule has 1 unspecified atom stereocenters. The standard InChI is InChI=1S/C10H22N2O3/c1-4-14-9(15-5-2)7-12-10(13)8(3)6-11/h8-9H,4-7,11H2,1-3H3,(H,12,13). The first-order valence-corrected chi connectivity index (χ1v) is 5.36. The van der Waals surface area contributed by atoms with Crippen LogP contribution in [0, 0.1) is 5.92 Å². The van der Waals surface area contributed by atoms with Crippen molar-refractivity contribution in [2.75, 3.05) is 26.3 Å². The summed E-state index contributed by atoms with van der Waals surface area (Å²) in [5.74, 6) is -0.240. The molecule has 15 heavy (non-hydrogen) atoms. The minimum Gasteiger partial charge on any atom is -0.351 e. The minimum absolute atomic E-state index is 0.0677. The van der Waals surface area contributed by atoms with Crippen LogP contribution in [0.3, 0.4) is 0 Å². The summed E-state index contributed by atoms with van der Waals surface area (Å²) in [6.07, 6.45) is -0.367. The molecule has 1 amide bonds. The van der Waals surface area contributed by atoms with Gasteiger partial charge >= 0.3 is 0 Å². The Labute approximate surface area is 91.3 Å². The monoisotopic (exact) mass is 218 g/mol. The Morgan fingerprint density at radius 2 is 1.87 bits per heavy atom. The van der Waals surface area contributed by atoms with Gasteiger partial charge in [0.2, 0.25) is 5.91 Å². The third kappa shape index (κ3) is 6.43. The van der Waals surface area contributed by atoms with Gasteiger partial charge in [0, 0.05) is 25.7 Å². The summed E-state index contributed by atoms with van der Waals surface area (Å²) in [4.78, 5) is 11.4. The maximum atomic E-state index is 11.4. The van der Waals surface area contributed by atoms with E-state index < -0.39 is 0 Å². The summed E-state index contributed by atoms with van der Waals surface area (Å²) in [6, 6.07) is 0. The van der Waals surface area contributed by atoms with Gasteiger partial charge in [-0.3, -0.25) is 4.79 Å². The summed E-state index contributed by atoms with van der Waals surface area (Å²) in [5, 5.41) is 2.73. The first kappa shape index (κ1) is 14.3. The van der Waals surface area contributed by atoms with Gasteiger partial charge in [-0.15, -0.1) is 0 Å². The first-order chi connectivity index (χ1) is 7.15. The van der Waals surface area contributed by atoms with Gasteiger partial charge in [0.05, 0.1) is 6.54 Å². The number of rotatable bonds is 8. The summed E-state index contributed by atoms with van der Waals surface area (Å²) < 4.78 is 10.6. The van der Waals surface area contributed by atoms with E-state index in [0.717, 1.165) is 0 Å². The molecule has 0 fully saturated rings. The molecular formula is C10H22N2O3. The second kappa shape index (κ2) is 8.64. The molecule has 0 aromatic rings. The average Bonchev–Trinajstić information content (AvgIpc) is 2.25. The van der Waals surface area contributed by atoms with Gasteiger partial charge in [-0.1, -0.05) is 6.92 Å². The topological polar surface area (TPSA) is 73.6 Å². The Bertz CT molecular complexity index is 170. The lowest BCUT2D eigenvalue weighted by Gasteiger charge is -2.18. The molecule has 0 bridgehead atoms. The van der Waals surface area contributed by atoms with E-state index in [2.05, 4.69) is 5.32 Å². The zero-order valence-electron chi connectivity index (χ0n) is 9.79. The third-order valence-corrected chi connectivity index (χ3v) is 1.95. The molecule has 5 nitrogen and oxygen atoms in total. The van der Waals surface area contributed by atoms with E-state index in [4.69, 9.17) is 15.2 Å². The van der Waals surface area contributed by atoms with Crippen molar-refractivity contribution in [3.63, 3.8) is 0 Å². The van der Waals surface area contributed by atoms with E-state index in [1.54, 1.807) is 6.92 Å². The Morgan fingerprint density at radius 3 is 2.27 bits per heavy atom. The Kier molecular flexibility index (Phi) is 8.27. The smallest absolute Gasteiger partial charge is 0.224 e. The highest BCUT2D eigenvalue weighted by Crippen LogP contribution is 1.95. The second-order valence-electron chi connectivity index (χ2n) is 3.22. The van der Waals surface area contributed by atoms with Crippen molar-refractivity contribution in [2.45, 2.75) is 27.1 Å². The van der Waals surface area contributed by atoms with Crippen molar-refractivity contribution >= 4 is 5.91 Å². The number of hydrogen-bond acceptors (Lipinski definition) is 4. The van der Waals surface area contributed by atoms with Gasteiger partial charge in [-0.2, -0.15) is 0 Å². The Balaban J connectivity index is 3.82. The minimum atomic E-state index is -0.367. The fraction of sp³-hybridized carbons (Fsp3) is 0.900. The molecule has 0 aliphatic rings. The van der Waals surface area contributed by atoms with Gasteiger partial charge in [0.1, 0.15) is 0 Å². The Hall–Kier alpha value is -0.650. The van der Waals surface area contributed by atoms with Gasteiger partial charge in [0.15, 0.2) is 6.29 Å². The number of carbonyl (C=O) groups is 1. The van der Waals surface area contributed by atoms with Crippen molar-refractivity contribution in [1.82, 2.24) is 5.32 Å². The lowest BCUT2D eigenvalue weighted by Crippen LogP contribution is -2.39. The average molecular weight is 218 g/mol. The van der Waals surface area contributed by atoms with Crippen molar-refractivity contribution < 1.29 is 14.3 Å². The summed E-state index contributed by atoms with van der Waals surface area (Å²) >= 11 is 0. The van der Waals surface area contributed by atoms with Gasteiger partial charge < -0.3 is 20.5 Å². The quantitative estimate of drug-likeness (QED) is 0.567. The fourth-order valence-electron chi connectivity index (χ4n) is 1.00. The van der Waals surface area contributed by atoms with Crippen LogP contribution in [0.2, 0.25) is 0 Å². The molecule has 0 rings (SSSR count). The highest BCUT2D eigenvalue weighted by Gasteiger charge is 2.13. The van der Waals surface area contributed by atoms with Crippen LogP contribution in [0.1, 0.15) is 20.8 Å². The van der Waals surface area contributed by atoms with Gasteiger partial charge in [-0.25, -0.2) is 0 Å². The predicted molar refractivity (Wildman–Crippen MR) is 58.3 cm³/mol. The Morgan fingerprint density at radius 1 is 1.33 bits per heavy atom. The summed E-state index contributed by atoms with van der Waals surface area (Å²) in [5.41, 5.74) is 5.37. The SMILES string of the molecule is CCOC(CNC(=O)C(C)CN)OCC. The van der Waals surface area contributed by atoms with Crippen LogP contribution in [0.5, 0.6) is 0 Å². The highest BCUT2D eigenvalue weighted by atomic mass is 16.7. The van der Waals surface area contributed by atoms with E-state index in [-0.39, 0.29) is 18.1 Å². The molecule has 0 aromatic heterocycles. The summed E-state index contributed by atoms with van der Waals surface area (Å²) in [7, 11) is 0. The molecule has 0 radical (unpaired) electrons. The lowest BCUT2D eigenvalue weighted by molar-refractivity contribution is -0.141. The van der Waals surface area contributed by atoms with Crippen LogP contribution in [0.15, 0.2) is 0 Å². The van der Waals surface area contributed by atoms with Crippen LogP contribution in [-0.2, 0) is 14.3 Å². The van der Waals surface area contributed by atoms with Gasteiger partial charge in [-0.05, 0) is 13.8 Å². The van der Waals surface area contributed by atoms with E-state index in [1.807, 2.05) is 13.8 Å². The highest BCUT2D eigenvalue weighted by molar-refractivity contribution is 5.78. The molecule has 90 valence electrons. The molecule has 0 aliphatic carbocycles. The van der Waals surface area contributed by atoms with Crippen LogP contribution in [0.25, 0.3) is 0 Å². The van der Waals surface area contributed by atoms with Crippen molar-refractivity contribution in [1.29, 1.82) is 0 Å². The van der Waals surface area contributed by atoms with Crippen molar-refractivity contribution in [2.24, 2.45) is 11.7 Å². The van der Waals surface area contributed by atoms with Gasteiger partial charge in [0.25, 0.3) is 0 Å². The van der Waals surface area contributed by atoms with Crippen molar-refractivity contribution in [3.05, 3.63) is 0 Å². The maximum absolute atomic E-state index is 11.4. The number of nitrogens with two attached hydrogens (primary N) is 1. The predicted octanol–water partition coefficient (Wildman–Crippen LogP) is 0.0965. The zero-order chi connectivity index (χ0) is 11.7. The van der Waals surface area contributed by atoms with Crippen molar-refractivity contribution in [3.8, 4) is 0 Å². The number of carbonyl (C=O) groups excluding carboxylic acids is 1. The lowest BCUT2D eigenvalue weighted by atomic mass is 10.2. The van der Waals surface area contributed by atoms with Crippen LogP contribution >= 0.6 is 0 Å². The number of ether oxygens (including phenoxy) is 2. The van der Waals surface area contributed by atoms with E-state index in [9.17, 15) is 4.79 Å². The summed E-state index contributed by atoms with van der Waals surface area (Å²) in [6.45, 7) is 7.39. The maximum Gasteiger partial charge on any atom is 0.224 e. The molecule has 0 heterocycles. The van der Waals surface area contributed by atoms with Crippen LogP contribution < -0.4 is 11.1 Å². The molecule has 1 atom stereocenters. The van der Waals surface area contributed by atoms with Crippen LogP contribution in [0.4, 0.5) is 0 Å². The number of hydrogen-bond donors (Lipinski definition) is 2. The molecule has 3 N–H and O–H groups in total. The zero-order valence-corrected chi connectivity index (χ0v) is 9.79. The number of nitrogens with one attached hydrogen (secondary N) is 1. The third-order valence-electron chi connectivity index (χ3n) is 1.95. The first-order valence-electron chi connectivity index (χ1n) is 5.36. The second-order valence-corrected chi connectivity index (χ2v) is 3.22. The normalized spacial score (nSPS) is 12.9. The molecule has 5 heteroatoms. The molecule has 0 aromatic carbocycles. The van der Waals surface area contributed by atoms with E-state index in [0.29, 0.717) is 26.3 Å². The van der Waals surface area contributed by atoms with Crippen LogP contribution in [-0.4, -0.2) is 38.5 Å². The number of amides is 1. The molecule has 0 saturated carbocycles. The molecule has 0 aliphatic heterocycles. The molecule has 0 saturated heterocycles. The van der Waals surface area contributed by atoms with E-state index >= 15 is 0 Å². The van der Waals surface area contributed by atoms with E-state index in [1.165, 1.54) is 0 Å². The fourth-order valence-corrected chi connectivity index (χ4v) is 1.00. The molecular weight excluding hydrogens is 196 g/mol. The largest absolute Gasteiger partial charge is 0.351 e. The molecule has 0 spiro atoms.